The zero-order valence-electron chi connectivity index (χ0n) is 12.0. The first-order valence-corrected chi connectivity index (χ1v) is 7.40. The zero-order chi connectivity index (χ0) is 15.2. The molecule has 0 radical (unpaired) electrons. The van der Waals surface area contributed by atoms with Crippen molar-refractivity contribution in [1.82, 2.24) is 5.32 Å². The largest absolute Gasteiger partial charge is 0.398 e. The van der Waals surface area contributed by atoms with Crippen molar-refractivity contribution in [2.75, 3.05) is 5.73 Å². The molecule has 0 bridgehead atoms. The van der Waals surface area contributed by atoms with E-state index in [-0.39, 0.29) is 11.9 Å². The molecule has 0 spiro atoms. The molecule has 0 aromatic heterocycles. The summed E-state index contributed by atoms with van der Waals surface area (Å²) in [6.45, 7) is 2.10. The van der Waals surface area contributed by atoms with E-state index in [1.54, 1.807) is 18.2 Å². The SMILES string of the molecule is CCCC(NC(=O)c1ccc(Cl)cc1N)c1ccccc1. The van der Waals surface area contributed by atoms with Gasteiger partial charge in [-0.15, -0.1) is 0 Å². The zero-order valence-corrected chi connectivity index (χ0v) is 12.7. The molecule has 0 aliphatic heterocycles. The lowest BCUT2D eigenvalue weighted by Gasteiger charge is -2.19. The van der Waals surface area contributed by atoms with Gasteiger partial charge in [0.1, 0.15) is 0 Å². The number of anilines is 1. The molecule has 1 unspecified atom stereocenters. The lowest BCUT2D eigenvalue weighted by Crippen LogP contribution is -2.29. The molecule has 0 saturated heterocycles. The van der Waals surface area contributed by atoms with Gasteiger partial charge in [-0.1, -0.05) is 55.3 Å². The molecule has 0 aliphatic rings. The first kappa shape index (κ1) is 15.4. The van der Waals surface area contributed by atoms with Gasteiger partial charge in [0, 0.05) is 10.7 Å². The van der Waals surface area contributed by atoms with Gasteiger partial charge in [-0.25, -0.2) is 0 Å². The van der Waals surface area contributed by atoms with Crippen LogP contribution >= 0.6 is 11.6 Å². The number of nitrogens with two attached hydrogens (primary N) is 1. The Morgan fingerprint density at radius 2 is 1.95 bits per heavy atom. The smallest absolute Gasteiger partial charge is 0.253 e. The summed E-state index contributed by atoms with van der Waals surface area (Å²) in [5.41, 5.74) is 7.81. The first-order valence-electron chi connectivity index (χ1n) is 7.02. The number of hydrogen-bond acceptors (Lipinski definition) is 2. The van der Waals surface area contributed by atoms with Gasteiger partial charge in [0.15, 0.2) is 0 Å². The van der Waals surface area contributed by atoms with Crippen LogP contribution in [0, 0.1) is 0 Å². The maximum atomic E-state index is 12.4. The molecule has 0 heterocycles. The van der Waals surface area contributed by atoms with Crippen molar-refractivity contribution >= 4 is 23.2 Å². The molecule has 21 heavy (non-hydrogen) atoms. The molecule has 3 N–H and O–H groups in total. The Balaban J connectivity index is 2.18. The monoisotopic (exact) mass is 302 g/mol. The topological polar surface area (TPSA) is 55.1 Å². The number of carbonyl (C=O) groups excluding carboxylic acids is 1. The Labute approximate surface area is 130 Å². The van der Waals surface area contributed by atoms with Gasteiger partial charge in [0.25, 0.3) is 5.91 Å². The number of amides is 1. The van der Waals surface area contributed by atoms with Crippen molar-refractivity contribution in [2.45, 2.75) is 25.8 Å². The second-order valence-corrected chi connectivity index (χ2v) is 5.39. The number of halogens is 1. The Hall–Kier alpha value is -2.00. The van der Waals surface area contributed by atoms with E-state index < -0.39 is 0 Å². The third kappa shape index (κ3) is 3.99. The van der Waals surface area contributed by atoms with Crippen LogP contribution < -0.4 is 11.1 Å². The van der Waals surface area contributed by atoms with Gasteiger partial charge in [-0.3, -0.25) is 4.79 Å². The lowest BCUT2D eigenvalue weighted by molar-refractivity contribution is 0.0935. The molecule has 2 rings (SSSR count). The summed E-state index contributed by atoms with van der Waals surface area (Å²) in [7, 11) is 0. The number of nitrogen functional groups attached to an aromatic ring is 1. The van der Waals surface area contributed by atoms with Gasteiger partial charge in [-0.05, 0) is 30.2 Å². The lowest BCUT2D eigenvalue weighted by atomic mass is 10.0. The van der Waals surface area contributed by atoms with E-state index in [0.29, 0.717) is 16.3 Å². The van der Waals surface area contributed by atoms with Crippen molar-refractivity contribution in [3.8, 4) is 0 Å². The number of hydrogen-bond donors (Lipinski definition) is 2. The van der Waals surface area contributed by atoms with E-state index in [1.807, 2.05) is 30.3 Å². The summed E-state index contributed by atoms with van der Waals surface area (Å²) in [4.78, 5) is 12.4. The Morgan fingerprint density at radius 3 is 2.57 bits per heavy atom. The molecule has 2 aromatic rings. The van der Waals surface area contributed by atoms with E-state index in [1.165, 1.54) is 0 Å². The normalized spacial score (nSPS) is 11.9. The average molecular weight is 303 g/mol. The van der Waals surface area contributed by atoms with Gasteiger partial charge in [0.05, 0.1) is 11.6 Å². The van der Waals surface area contributed by atoms with E-state index >= 15 is 0 Å². The molecular weight excluding hydrogens is 284 g/mol. The molecule has 110 valence electrons. The van der Waals surface area contributed by atoms with Crippen molar-refractivity contribution in [3.63, 3.8) is 0 Å². The predicted molar refractivity (Wildman–Crippen MR) is 87.4 cm³/mol. The number of carbonyl (C=O) groups is 1. The molecule has 0 aliphatic carbocycles. The average Bonchev–Trinajstić information content (AvgIpc) is 2.47. The van der Waals surface area contributed by atoms with Crippen molar-refractivity contribution in [1.29, 1.82) is 0 Å². The molecule has 1 amide bonds. The summed E-state index contributed by atoms with van der Waals surface area (Å²) < 4.78 is 0. The summed E-state index contributed by atoms with van der Waals surface area (Å²) >= 11 is 5.86. The molecule has 2 aromatic carbocycles. The summed E-state index contributed by atoms with van der Waals surface area (Å²) in [6, 6.07) is 14.8. The van der Waals surface area contributed by atoms with Gasteiger partial charge < -0.3 is 11.1 Å². The van der Waals surface area contributed by atoms with Crippen LogP contribution in [0.2, 0.25) is 5.02 Å². The second-order valence-electron chi connectivity index (χ2n) is 4.96. The highest BCUT2D eigenvalue weighted by molar-refractivity contribution is 6.31. The van der Waals surface area contributed by atoms with Crippen LogP contribution in [0.15, 0.2) is 48.5 Å². The molecular formula is C17H19ClN2O. The van der Waals surface area contributed by atoms with Crippen molar-refractivity contribution in [3.05, 3.63) is 64.7 Å². The minimum Gasteiger partial charge on any atom is -0.398 e. The third-order valence-corrected chi connectivity index (χ3v) is 3.58. The Kier molecular flexibility index (Phi) is 5.23. The summed E-state index contributed by atoms with van der Waals surface area (Å²) in [6.07, 6.45) is 1.86. The number of benzene rings is 2. The minimum atomic E-state index is -0.175. The van der Waals surface area contributed by atoms with Crippen molar-refractivity contribution < 1.29 is 4.79 Å². The van der Waals surface area contributed by atoms with Crippen LogP contribution in [0.3, 0.4) is 0 Å². The minimum absolute atomic E-state index is 0.0150. The fourth-order valence-electron chi connectivity index (χ4n) is 2.27. The maximum Gasteiger partial charge on any atom is 0.253 e. The van der Waals surface area contributed by atoms with Gasteiger partial charge >= 0.3 is 0 Å². The number of rotatable bonds is 5. The first-order chi connectivity index (χ1) is 10.1. The van der Waals surface area contributed by atoms with Crippen LogP contribution in [0.25, 0.3) is 0 Å². The molecule has 0 fully saturated rings. The quantitative estimate of drug-likeness (QED) is 0.814. The van der Waals surface area contributed by atoms with Crippen LogP contribution in [-0.2, 0) is 0 Å². The summed E-state index contributed by atoms with van der Waals surface area (Å²) in [5, 5.41) is 3.57. The van der Waals surface area contributed by atoms with Gasteiger partial charge in [-0.2, -0.15) is 0 Å². The maximum absolute atomic E-state index is 12.4. The van der Waals surface area contributed by atoms with Gasteiger partial charge in [0.2, 0.25) is 0 Å². The molecule has 4 heteroatoms. The Bertz CT molecular complexity index is 613. The predicted octanol–water partition coefficient (Wildman–Crippen LogP) is 4.19. The highest BCUT2D eigenvalue weighted by atomic mass is 35.5. The molecule has 3 nitrogen and oxygen atoms in total. The molecule has 0 saturated carbocycles. The van der Waals surface area contributed by atoms with E-state index in [2.05, 4.69) is 12.2 Å². The standard InChI is InChI=1S/C17H19ClN2O/c1-2-6-16(12-7-4-3-5-8-12)20-17(21)14-10-9-13(18)11-15(14)19/h3-5,7-11,16H,2,6,19H2,1H3,(H,20,21). The highest BCUT2D eigenvalue weighted by Crippen LogP contribution is 2.22. The van der Waals surface area contributed by atoms with Crippen LogP contribution in [0.1, 0.15) is 41.7 Å². The number of nitrogens with one attached hydrogen (secondary N) is 1. The highest BCUT2D eigenvalue weighted by Gasteiger charge is 2.16. The van der Waals surface area contributed by atoms with E-state index in [9.17, 15) is 4.79 Å². The summed E-state index contributed by atoms with van der Waals surface area (Å²) in [5.74, 6) is -0.175. The van der Waals surface area contributed by atoms with Crippen molar-refractivity contribution in [2.24, 2.45) is 0 Å². The Morgan fingerprint density at radius 1 is 1.24 bits per heavy atom. The fraction of sp³-hybridized carbons (Fsp3) is 0.235. The van der Waals surface area contributed by atoms with Crippen LogP contribution in [0.5, 0.6) is 0 Å². The van der Waals surface area contributed by atoms with E-state index in [0.717, 1.165) is 18.4 Å². The van der Waals surface area contributed by atoms with E-state index in [4.69, 9.17) is 17.3 Å². The fourth-order valence-corrected chi connectivity index (χ4v) is 2.45. The second kappa shape index (κ2) is 7.14. The molecule has 1 atom stereocenters. The van der Waals surface area contributed by atoms with Crippen LogP contribution in [0.4, 0.5) is 5.69 Å². The van der Waals surface area contributed by atoms with Crippen LogP contribution in [-0.4, -0.2) is 5.91 Å². The third-order valence-electron chi connectivity index (χ3n) is 3.34.